The van der Waals surface area contributed by atoms with Gasteiger partial charge in [0.2, 0.25) is 0 Å². The molecule has 0 aliphatic heterocycles. The number of hydrogen-bond donors (Lipinski definition) is 0. The maximum Gasteiger partial charge on any atom is 0.296 e. The van der Waals surface area contributed by atoms with Crippen LogP contribution in [-0.2, 0) is 14.3 Å². The van der Waals surface area contributed by atoms with Crippen molar-refractivity contribution in [3.05, 3.63) is 65.7 Å². The van der Waals surface area contributed by atoms with Crippen LogP contribution in [0.25, 0.3) is 0 Å². The van der Waals surface area contributed by atoms with Crippen molar-refractivity contribution in [1.29, 1.82) is 0 Å². The van der Waals surface area contributed by atoms with Crippen molar-refractivity contribution < 1.29 is 12.6 Å². The number of rotatable bonds is 5. The van der Waals surface area contributed by atoms with Gasteiger partial charge in [-0.1, -0.05) is 48.0 Å². The lowest BCUT2D eigenvalue weighted by Crippen LogP contribution is -2.32. The molecule has 2 aromatic rings. The highest BCUT2D eigenvalue weighted by Gasteiger charge is 2.36. The molecule has 0 radical (unpaired) electrons. The van der Waals surface area contributed by atoms with Crippen LogP contribution in [0.3, 0.4) is 0 Å². The lowest BCUT2D eigenvalue weighted by Gasteiger charge is -2.42. The molecule has 0 heterocycles. The van der Waals surface area contributed by atoms with Crippen molar-refractivity contribution in [2.24, 2.45) is 17.8 Å². The Morgan fingerprint density at radius 1 is 0.857 bits per heavy atom. The van der Waals surface area contributed by atoms with Gasteiger partial charge < -0.3 is 0 Å². The lowest BCUT2D eigenvalue weighted by atomic mass is 9.64. The first kappa shape index (κ1) is 19.7. The Morgan fingerprint density at radius 3 is 2.29 bits per heavy atom. The average molecular weight is 399 g/mol. The van der Waals surface area contributed by atoms with Crippen molar-refractivity contribution in [2.75, 3.05) is 6.61 Å². The summed E-state index contributed by atoms with van der Waals surface area (Å²) in [6.07, 6.45) is 7.17. The molecular weight excluding hydrogens is 368 g/mol. The molecule has 0 bridgehead atoms. The maximum absolute atomic E-state index is 12.4. The fraction of sp³-hybridized carbons (Fsp3) is 0.500. The smallest absolute Gasteiger partial charge is 0.266 e. The standard InChI is InChI=1S/C24H30O3S/c1-18-7-13-24(14-8-18)28(25,26)27-17-19-9-10-23-16-22(12-11-21(23)15-19)20-5-3-2-4-6-20/h2-8,13-14,19,21-23H,9-12,15-17H2,1H3/t19-,21-,22+,23+/m0/s1. The fourth-order valence-corrected chi connectivity index (χ4v) is 6.10. The molecule has 0 unspecified atom stereocenters. The normalized spacial score (nSPS) is 27.9. The van der Waals surface area contributed by atoms with Crippen LogP contribution in [0.5, 0.6) is 0 Å². The van der Waals surface area contributed by atoms with Crippen LogP contribution in [0, 0.1) is 24.7 Å². The van der Waals surface area contributed by atoms with Gasteiger partial charge in [-0.15, -0.1) is 0 Å². The highest BCUT2D eigenvalue weighted by molar-refractivity contribution is 7.86. The van der Waals surface area contributed by atoms with Crippen LogP contribution in [0.2, 0.25) is 0 Å². The van der Waals surface area contributed by atoms with E-state index in [4.69, 9.17) is 4.18 Å². The Hall–Kier alpha value is -1.65. The number of hydrogen-bond acceptors (Lipinski definition) is 3. The monoisotopic (exact) mass is 398 g/mol. The van der Waals surface area contributed by atoms with Gasteiger partial charge in [0.25, 0.3) is 10.1 Å². The summed E-state index contributed by atoms with van der Waals surface area (Å²) in [4.78, 5) is 0.259. The van der Waals surface area contributed by atoms with Gasteiger partial charge in [0, 0.05) is 0 Å². The predicted octanol–water partition coefficient (Wildman–Crippen LogP) is 5.70. The van der Waals surface area contributed by atoms with E-state index in [0.717, 1.165) is 30.2 Å². The largest absolute Gasteiger partial charge is 0.296 e. The number of aryl methyl sites for hydroxylation is 1. The highest BCUT2D eigenvalue weighted by Crippen LogP contribution is 2.47. The minimum atomic E-state index is -3.65. The van der Waals surface area contributed by atoms with Gasteiger partial charge in [-0.2, -0.15) is 8.42 Å². The second kappa shape index (κ2) is 8.38. The first-order chi connectivity index (χ1) is 13.5. The molecule has 150 valence electrons. The molecule has 2 saturated carbocycles. The summed E-state index contributed by atoms with van der Waals surface area (Å²) in [5.74, 6) is 2.56. The Labute approximate surface area is 169 Å². The maximum atomic E-state index is 12.4. The molecular formula is C24H30O3S. The second-order valence-electron chi connectivity index (χ2n) is 8.67. The van der Waals surface area contributed by atoms with Gasteiger partial charge in [0.1, 0.15) is 0 Å². The molecule has 0 spiro atoms. The summed E-state index contributed by atoms with van der Waals surface area (Å²) < 4.78 is 30.3. The van der Waals surface area contributed by atoms with Crippen molar-refractivity contribution in [1.82, 2.24) is 0 Å². The van der Waals surface area contributed by atoms with E-state index in [1.54, 1.807) is 12.1 Å². The molecule has 0 amide bonds. The first-order valence-corrected chi connectivity index (χ1v) is 11.9. The Morgan fingerprint density at radius 2 is 1.54 bits per heavy atom. The van der Waals surface area contributed by atoms with Gasteiger partial charge in [-0.3, -0.25) is 4.18 Å². The average Bonchev–Trinajstić information content (AvgIpc) is 2.73. The van der Waals surface area contributed by atoms with Crippen molar-refractivity contribution in [3.8, 4) is 0 Å². The molecule has 2 aliphatic carbocycles. The minimum Gasteiger partial charge on any atom is -0.266 e. The van der Waals surface area contributed by atoms with Crippen LogP contribution >= 0.6 is 0 Å². The predicted molar refractivity (Wildman–Crippen MR) is 112 cm³/mol. The van der Waals surface area contributed by atoms with Crippen LogP contribution in [0.15, 0.2) is 59.5 Å². The summed E-state index contributed by atoms with van der Waals surface area (Å²) in [6, 6.07) is 17.8. The number of fused-ring (bicyclic) bond motifs is 1. The third-order valence-corrected chi connectivity index (χ3v) is 8.06. The molecule has 0 aromatic heterocycles. The van der Waals surface area contributed by atoms with Crippen LogP contribution < -0.4 is 0 Å². The SMILES string of the molecule is Cc1ccc(S(=O)(=O)OC[C@H]2CC[C@@H]3C[C@H](c4ccccc4)CC[C@H]3C2)cc1. The number of benzene rings is 2. The van der Waals surface area contributed by atoms with E-state index in [1.807, 2.05) is 19.1 Å². The van der Waals surface area contributed by atoms with Crippen molar-refractivity contribution in [3.63, 3.8) is 0 Å². The summed E-state index contributed by atoms with van der Waals surface area (Å²) in [5.41, 5.74) is 2.53. The van der Waals surface area contributed by atoms with Gasteiger partial charge >= 0.3 is 0 Å². The zero-order valence-corrected chi connectivity index (χ0v) is 17.4. The van der Waals surface area contributed by atoms with Gasteiger partial charge in [-0.25, -0.2) is 0 Å². The topological polar surface area (TPSA) is 43.4 Å². The molecule has 3 nitrogen and oxygen atoms in total. The van der Waals surface area contributed by atoms with Crippen molar-refractivity contribution in [2.45, 2.75) is 56.3 Å². The van der Waals surface area contributed by atoms with E-state index in [0.29, 0.717) is 18.4 Å². The van der Waals surface area contributed by atoms with Gasteiger partial charge in [-0.05, 0) is 86.8 Å². The molecule has 4 heteroatoms. The molecule has 2 aromatic carbocycles. The quantitative estimate of drug-likeness (QED) is 0.607. The molecule has 0 N–H and O–H groups in total. The van der Waals surface area contributed by atoms with E-state index < -0.39 is 10.1 Å². The van der Waals surface area contributed by atoms with Crippen molar-refractivity contribution >= 4 is 10.1 Å². The molecule has 2 aliphatic rings. The third kappa shape index (κ3) is 4.49. The van der Waals surface area contributed by atoms with E-state index in [-0.39, 0.29) is 4.90 Å². The van der Waals surface area contributed by atoms with Crippen LogP contribution in [0.1, 0.15) is 55.6 Å². The van der Waals surface area contributed by atoms with E-state index in [2.05, 4.69) is 30.3 Å². The summed E-state index contributed by atoms with van der Waals surface area (Å²) >= 11 is 0. The zero-order valence-electron chi connectivity index (χ0n) is 16.6. The van der Waals surface area contributed by atoms with Crippen LogP contribution in [0.4, 0.5) is 0 Å². The van der Waals surface area contributed by atoms with Crippen LogP contribution in [-0.4, -0.2) is 15.0 Å². The van der Waals surface area contributed by atoms with E-state index in [9.17, 15) is 8.42 Å². The Bertz CT molecular complexity index is 874. The fourth-order valence-electron chi connectivity index (χ4n) is 5.12. The summed E-state index contributed by atoms with van der Waals surface area (Å²) in [7, 11) is -3.65. The Kier molecular flexibility index (Phi) is 5.88. The van der Waals surface area contributed by atoms with Gasteiger partial charge in [0.05, 0.1) is 11.5 Å². The zero-order chi connectivity index (χ0) is 19.6. The first-order valence-electron chi connectivity index (χ1n) is 10.5. The molecule has 4 rings (SSSR count). The minimum absolute atomic E-state index is 0.259. The van der Waals surface area contributed by atoms with Gasteiger partial charge in [0.15, 0.2) is 0 Å². The third-order valence-electron chi connectivity index (χ3n) is 6.76. The van der Waals surface area contributed by atoms with E-state index in [1.165, 1.54) is 31.2 Å². The highest BCUT2D eigenvalue weighted by atomic mass is 32.2. The second-order valence-corrected chi connectivity index (χ2v) is 10.3. The molecule has 0 saturated heterocycles. The summed E-state index contributed by atoms with van der Waals surface area (Å²) in [6.45, 7) is 2.27. The van der Waals surface area contributed by atoms with E-state index >= 15 is 0 Å². The molecule has 28 heavy (non-hydrogen) atoms. The summed E-state index contributed by atoms with van der Waals surface area (Å²) in [5, 5.41) is 0. The lowest BCUT2D eigenvalue weighted by molar-refractivity contribution is 0.0932. The molecule has 2 fully saturated rings. The molecule has 4 atom stereocenters. The Balaban J connectivity index is 1.31.